The highest BCUT2D eigenvalue weighted by molar-refractivity contribution is 6.05. The van der Waals surface area contributed by atoms with Crippen molar-refractivity contribution in [3.63, 3.8) is 0 Å². The molecule has 0 aliphatic heterocycles. The van der Waals surface area contributed by atoms with Crippen molar-refractivity contribution in [1.82, 2.24) is 10.6 Å². The van der Waals surface area contributed by atoms with E-state index in [9.17, 15) is 9.59 Å². The zero-order chi connectivity index (χ0) is 22.1. The molecule has 6 nitrogen and oxygen atoms in total. The van der Waals surface area contributed by atoms with E-state index >= 15 is 0 Å². The highest BCUT2D eigenvalue weighted by Crippen LogP contribution is 2.13. The maximum atomic E-state index is 12.7. The first-order valence-corrected chi connectivity index (χ1v) is 10.1. The molecule has 1 aromatic heterocycles. The second-order valence-corrected chi connectivity index (χ2v) is 7.10. The van der Waals surface area contributed by atoms with Crippen molar-refractivity contribution in [1.29, 1.82) is 0 Å². The number of rotatable bonds is 9. The lowest BCUT2D eigenvalue weighted by molar-refractivity contribution is -0.117. The lowest BCUT2D eigenvalue weighted by Crippen LogP contribution is -2.35. The minimum Gasteiger partial charge on any atom is -0.497 e. The molecule has 0 saturated heterocycles. The van der Waals surface area contributed by atoms with E-state index in [0.717, 1.165) is 29.7 Å². The number of methoxy groups -OCH3 is 1. The molecule has 0 unspecified atom stereocenters. The van der Waals surface area contributed by atoms with Gasteiger partial charge in [0, 0.05) is 18.2 Å². The number of furan rings is 1. The second kappa shape index (κ2) is 10.8. The lowest BCUT2D eigenvalue weighted by atomic mass is 10.1. The van der Waals surface area contributed by atoms with Crippen LogP contribution in [0.5, 0.6) is 5.75 Å². The van der Waals surface area contributed by atoms with Crippen molar-refractivity contribution >= 4 is 17.9 Å². The molecule has 0 radical (unpaired) electrons. The topological polar surface area (TPSA) is 80.6 Å². The number of ether oxygens (including phenoxy) is 1. The highest BCUT2D eigenvalue weighted by atomic mass is 16.5. The molecule has 0 spiro atoms. The Kier molecular flexibility index (Phi) is 7.65. The van der Waals surface area contributed by atoms with Gasteiger partial charge in [-0.05, 0) is 61.7 Å². The van der Waals surface area contributed by atoms with Gasteiger partial charge in [0.25, 0.3) is 11.8 Å². The van der Waals surface area contributed by atoms with Crippen LogP contribution in [0.3, 0.4) is 0 Å². The van der Waals surface area contributed by atoms with Gasteiger partial charge in [0.15, 0.2) is 0 Å². The van der Waals surface area contributed by atoms with Gasteiger partial charge in [0.05, 0.1) is 13.4 Å². The summed E-state index contributed by atoms with van der Waals surface area (Å²) >= 11 is 0. The molecule has 0 fully saturated rings. The van der Waals surface area contributed by atoms with Gasteiger partial charge in [0.2, 0.25) is 0 Å². The molecule has 0 aliphatic rings. The Balaban J connectivity index is 1.59. The van der Waals surface area contributed by atoms with E-state index in [0.29, 0.717) is 17.9 Å². The van der Waals surface area contributed by atoms with Crippen LogP contribution in [0.25, 0.3) is 6.08 Å². The quantitative estimate of drug-likeness (QED) is 0.405. The Morgan fingerprint density at radius 3 is 2.42 bits per heavy atom. The van der Waals surface area contributed by atoms with Gasteiger partial charge in [-0.1, -0.05) is 29.8 Å². The van der Waals surface area contributed by atoms with E-state index in [-0.39, 0.29) is 17.5 Å². The largest absolute Gasteiger partial charge is 0.497 e. The predicted molar refractivity (Wildman–Crippen MR) is 120 cm³/mol. The van der Waals surface area contributed by atoms with Gasteiger partial charge in [-0.3, -0.25) is 9.59 Å². The third-order valence-corrected chi connectivity index (χ3v) is 4.72. The fourth-order valence-corrected chi connectivity index (χ4v) is 2.96. The number of hydrogen-bond acceptors (Lipinski definition) is 4. The summed E-state index contributed by atoms with van der Waals surface area (Å²) in [4.78, 5) is 25.3. The van der Waals surface area contributed by atoms with Crippen molar-refractivity contribution in [2.75, 3.05) is 13.7 Å². The van der Waals surface area contributed by atoms with Gasteiger partial charge < -0.3 is 19.8 Å². The first-order valence-electron chi connectivity index (χ1n) is 10.1. The van der Waals surface area contributed by atoms with Crippen LogP contribution in [0.15, 0.2) is 77.0 Å². The van der Waals surface area contributed by atoms with Gasteiger partial charge in [-0.15, -0.1) is 0 Å². The lowest BCUT2D eigenvalue weighted by Gasteiger charge is -2.11. The molecule has 3 rings (SSSR count). The summed E-state index contributed by atoms with van der Waals surface area (Å²) in [6.45, 7) is 2.42. The average molecular weight is 418 g/mol. The molecular weight excluding hydrogens is 392 g/mol. The molecule has 0 bridgehead atoms. The Morgan fingerprint density at radius 1 is 1.03 bits per heavy atom. The minimum absolute atomic E-state index is 0.130. The molecule has 0 atom stereocenters. The minimum atomic E-state index is -0.369. The summed E-state index contributed by atoms with van der Waals surface area (Å²) in [5.41, 5.74) is 2.82. The summed E-state index contributed by atoms with van der Waals surface area (Å²) in [5.74, 6) is 0.569. The number of aryl methyl sites for hydroxylation is 2. The summed E-state index contributed by atoms with van der Waals surface area (Å²) in [6.07, 6.45) is 4.61. The summed E-state index contributed by atoms with van der Waals surface area (Å²) < 4.78 is 10.5. The van der Waals surface area contributed by atoms with Crippen molar-refractivity contribution in [2.24, 2.45) is 0 Å². The first kappa shape index (κ1) is 21.9. The van der Waals surface area contributed by atoms with Crippen molar-refractivity contribution in [3.8, 4) is 5.75 Å². The molecule has 0 saturated carbocycles. The Bertz CT molecular complexity index is 1020. The Morgan fingerprint density at radius 2 is 1.77 bits per heavy atom. The fraction of sp³-hybridized carbons (Fsp3) is 0.200. The molecule has 6 heteroatoms. The standard InChI is InChI=1S/C25H26N2O4/c1-18-7-11-20(12-8-18)24(28)27-23(17-22-6-4-16-31-22)25(29)26-15-3-5-19-9-13-21(30-2)14-10-19/h4,6-14,16-17H,3,5,15H2,1-2H3,(H,26,29)(H,27,28)/b23-17-. The van der Waals surface area contributed by atoms with Gasteiger partial charge >= 0.3 is 0 Å². The maximum Gasteiger partial charge on any atom is 0.267 e. The molecule has 31 heavy (non-hydrogen) atoms. The van der Waals surface area contributed by atoms with E-state index in [2.05, 4.69) is 10.6 Å². The summed E-state index contributed by atoms with van der Waals surface area (Å²) in [7, 11) is 1.63. The average Bonchev–Trinajstić information content (AvgIpc) is 3.30. The molecule has 0 aliphatic carbocycles. The van der Waals surface area contributed by atoms with Crippen molar-refractivity contribution < 1.29 is 18.7 Å². The van der Waals surface area contributed by atoms with Crippen LogP contribution in [0.2, 0.25) is 0 Å². The third-order valence-electron chi connectivity index (χ3n) is 4.72. The van der Waals surface area contributed by atoms with E-state index in [4.69, 9.17) is 9.15 Å². The van der Waals surface area contributed by atoms with E-state index < -0.39 is 0 Å². The molecule has 1 heterocycles. The van der Waals surface area contributed by atoms with Crippen LogP contribution >= 0.6 is 0 Å². The van der Waals surface area contributed by atoms with Crippen LogP contribution in [0.1, 0.15) is 33.7 Å². The number of nitrogens with one attached hydrogen (secondary N) is 2. The third kappa shape index (κ3) is 6.60. The van der Waals surface area contributed by atoms with Crippen LogP contribution in [0, 0.1) is 6.92 Å². The predicted octanol–water partition coefficient (Wildman–Crippen LogP) is 4.12. The van der Waals surface area contributed by atoms with E-state index in [1.165, 1.54) is 12.3 Å². The van der Waals surface area contributed by atoms with Crippen LogP contribution in [0.4, 0.5) is 0 Å². The number of benzene rings is 2. The van der Waals surface area contributed by atoms with Crippen molar-refractivity contribution in [2.45, 2.75) is 19.8 Å². The zero-order valence-electron chi connectivity index (χ0n) is 17.7. The van der Waals surface area contributed by atoms with Crippen LogP contribution in [-0.4, -0.2) is 25.5 Å². The molecule has 3 aromatic rings. The molecule has 2 amide bonds. The summed E-state index contributed by atoms with van der Waals surface area (Å²) in [5, 5.41) is 5.56. The number of carbonyl (C=O) groups is 2. The van der Waals surface area contributed by atoms with Crippen LogP contribution in [-0.2, 0) is 11.2 Å². The van der Waals surface area contributed by atoms with E-state index in [1.807, 2.05) is 43.3 Å². The molecule has 160 valence electrons. The number of hydrogen-bond donors (Lipinski definition) is 2. The maximum absolute atomic E-state index is 12.7. The molecular formula is C25H26N2O4. The number of amides is 2. The van der Waals surface area contributed by atoms with Gasteiger partial charge in [-0.2, -0.15) is 0 Å². The smallest absolute Gasteiger partial charge is 0.267 e. The van der Waals surface area contributed by atoms with Crippen molar-refractivity contribution in [3.05, 3.63) is 95.1 Å². The van der Waals surface area contributed by atoms with Gasteiger partial charge in [0.1, 0.15) is 17.2 Å². The Hall–Kier alpha value is -3.80. The van der Waals surface area contributed by atoms with E-state index in [1.54, 1.807) is 31.4 Å². The number of carbonyl (C=O) groups excluding carboxylic acids is 2. The highest BCUT2D eigenvalue weighted by Gasteiger charge is 2.15. The second-order valence-electron chi connectivity index (χ2n) is 7.10. The fourth-order valence-electron chi connectivity index (χ4n) is 2.96. The summed E-state index contributed by atoms with van der Waals surface area (Å²) in [6, 6.07) is 18.4. The first-order chi connectivity index (χ1) is 15.0. The molecule has 2 aromatic carbocycles. The Labute approximate surface area is 181 Å². The monoisotopic (exact) mass is 418 g/mol. The normalized spacial score (nSPS) is 11.1. The zero-order valence-corrected chi connectivity index (χ0v) is 17.7. The van der Waals surface area contributed by atoms with Crippen LogP contribution < -0.4 is 15.4 Å². The SMILES string of the molecule is COc1ccc(CCCNC(=O)/C(=C/c2ccco2)NC(=O)c2ccc(C)cc2)cc1. The molecule has 2 N–H and O–H groups in total. The van der Waals surface area contributed by atoms with Gasteiger partial charge in [-0.25, -0.2) is 0 Å².